The highest BCUT2D eigenvalue weighted by molar-refractivity contribution is 7.09. The van der Waals surface area contributed by atoms with Gasteiger partial charge in [-0.3, -0.25) is 4.90 Å². The lowest BCUT2D eigenvalue weighted by molar-refractivity contribution is 0.245. The molecule has 0 spiro atoms. The van der Waals surface area contributed by atoms with E-state index in [1.165, 1.54) is 6.42 Å². The normalized spacial score (nSPS) is 17.4. The molecule has 0 bridgehead atoms. The molecular formula is C21H21N5OS. The summed E-state index contributed by atoms with van der Waals surface area (Å²) in [5.74, 6) is 0.848. The van der Waals surface area contributed by atoms with Crippen LogP contribution in [0.25, 0.3) is 16.6 Å². The topological polar surface area (TPSA) is 55.5 Å². The summed E-state index contributed by atoms with van der Waals surface area (Å²) in [6.07, 6.45) is 6.20. The summed E-state index contributed by atoms with van der Waals surface area (Å²) in [6.45, 7) is 1.95. The first kappa shape index (κ1) is 17.3. The summed E-state index contributed by atoms with van der Waals surface area (Å²) < 4.78 is 7.24. The molecule has 28 heavy (non-hydrogen) atoms. The summed E-state index contributed by atoms with van der Waals surface area (Å²) >= 11 is 1.71. The van der Waals surface area contributed by atoms with Crippen LogP contribution in [0.15, 0.2) is 54.2 Å². The van der Waals surface area contributed by atoms with Crippen molar-refractivity contribution in [1.82, 2.24) is 24.7 Å². The molecule has 0 saturated carbocycles. The third-order valence-electron chi connectivity index (χ3n) is 5.34. The third-order valence-corrected chi connectivity index (χ3v) is 6.11. The van der Waals surface area contributed by atoms with E-state index in [1.54, 1.807) is 18.4 Å². The van der Waals surface area contributed by atoms with Gasteiger partial charge in [0.25, 0.3) is 0 Å². The maximum Gasteiger partial charge on any atom is 0.119 e. The Hall–Kier alpha value is -2.77. The molecule has 4 heterocycles. The molecule has 4 aromatic rings. The molecule has 7 heteroatoms. The summed E-state index contributed by atoms with van der Waals surface area (Å²) in [5.41, 5.74) is 4.33. The number of benzene rings is 1. The minimum atomic E-state index is 0.295. The fraction of sp³-hybridized carbons (Fsp3) is 0.286. The molecule has 0 radical (unpaired) electrons. The number of ether oxygens (including phenoxy) is 1. The van der Waals surface area contributed by atoms with Gasteiger partial charge in [0, 0.05) is 23.3 Å². The van der Waals surface area contributed by atoms with Crippen molar-refractivity contribution in [3.63, 3.8) is 0 Å². The lowest BCUT2D eigenvalue weighted by Gasteiger charge is -2.21. The van der Waals surface area contributed by atoms with Crippen LogP contribution in [-0.2, 0) is 6.54 Å². The van der Waals surface area contributed by atoms with Crippen LogP contribution < -0.4 is 4.74 Å². The quantitative estimate of drug-likeness (QED) is 0.510. The summed E-state index contributed by atoms with van der Waals surface area (Å²) in [4.78, 5) is 6.91. The van der Waals surface area contributed by atoms with Gasteiger partial charge in [-0.15, -0.1) is 16.4 Å². The number of hydrogen-bond acceptors (Lipinski definition) is 6. The number of pyridine rings is 1. The second-order valence-corrected chi connectivity index (χ2v) is 7.99. The highest BCUT2D eigenvalue weighted by atomic mass is 32.1. The first-order valence-corrected chi connectivity index (χ1v) is 10.3. The molecule has 1 fully saturated rings. The van der Waals surface area contributed by atoms with E-state index in [2.05, 4.69) is 38.4 Å². The van der Waals surface area contributed by atoms with E-state index < -0.39 is 0 Å². The molecule has 1 aromatic carbocycles. The second kappa shape index (κ2) is 7.33. The van der Waals surface area contributed by atoms with Crippen molar-refractivity contribution in [2.75, 3.05) is 13.7 Å². The fourth-order valence-electron chi connectivity index (χ4n) is 3.95. The highest BCUT2D eigenvalue weighted by Crippen LogP contribution is 2.35. The third kappa shape index (κ3) is 3.16. The van der Waals surface area contributed by atoms with E-state index in [4.69, 9.17) is 4.74 Å². The second-order valence-electron chi connectivity index (χ2n) is 7.01. The van der Waals surface area contributed by atoms with Crippen molar-refractivity contribution in [2.45, 2.75) is 25.4 Å². The minimum absolute atomic E-state index is 0.295. The monoisotopic (exact) mass is 391 g/mol. The van der Waals surface area contributed by atoms with Crippen molar-refractivity contribution < 1.29 is 4.74 Å². The number of nitrogens with zero attached hydrogens (tertiary/aromatic N) is 5. The van der Waals surface area contributed by atoms with Crippen LogP contribution in [0.2, 0.25) is 0 Å². The van der Waals surface area contributed by atoms with Crippen molar-refractivity contribution in [3.8, 4) is 16.9 Å². The molecule has 6 nitrogen and oxygen atoms in total. The van der Waals surface area contributed by atoms with Crippen molar-refractivity contribution >= 4 is 16.9 Å². The zero-order chi connectivity index (χ0) is 18.9. The van der Waals surface area contributed by atoms with Crippen LogP contribution in [-0.4, -0.2) is 38.4 Å². The predicted molar refractivity (Wildman–Crippen MR) is 109 cm³/mol. The highest BCUT2D eigenvalue weighted by Gasteiger charge is 2.30. The van der Waals surface area contributed by atoms with Gasteiger partial charge in [-0.1, -0.05) is 23.4 Å². The van der Waals surface area contributed by atoms with Crippen LogP contribution >= 0.6 is 11.3 Å². The molecule has 1 aliphatic heterocycles. The van der Waals surface area contributed by atoms with Gasteiger partial charge < -0.3 is 4.74 Å². The number of methoxy groups -OCH3 is 1. The molecule has 0 amide bonds. The van der Waals surface area contributed by atoms with Gasteiger partial charge in [0.15, 0.2) is 0 Å². The average Bonchev–Trinajstić information content (AvgIpc) is 3.48. The van der Waals surface area contributed by atoms with Gasteiger partial charge in [0.1, 0.15) is 16.5 Å². The zero-order valence-corrected chi connectivity index (χ0v) is 16.5. The van der Waals surface area contributed by atoms with Gasteiger partial charge in [0.05, 0.1) is 25.2 Å². The molecule has 142 valence electrons. The maximum atomic E-state index is 5.35. The fourth-order valence-corrected chi connectivity index (χ4v) is 4.60. The van der Waals surface area contributed by atoms with Crippen LogP contribution in [0, 0.1) is 0 Å². The van der Waals surface area contributed by atoms with E-state index in [-0.39, 0.29) is 0 Å². The predicted octanol–water partition coefficient (Wildman–Crippen LogP) is 4.20. The lowest BCUT2D eigenvalue weighted by Crippen LogP contribution is -2.23. The summed E-state index contributed by atoms with van der Waals surface area (Å²) in [6, 6.07) is 12.6. The van der Waals surface area contributed by atoms with Crippen LogP contribution in [0.3, 0.4) is 0 Å². The maximum absolute atomic E-state index is 5.35. The standard InChI is InChI=1S/C21H21N5OS/c1-27-17-5-2-4-15(12-17)16-7-8-19-21(23-24-26(19)13-16)18-6-3-10-25(18)14-20-22-9-11-28-20/h2,4-5,7-9,11-13,18H,3,6,10,14H2,1H3/t18-/m1/s1. The smallest absolute Gasteiger partial charge is 0.119 e. The van der Waals surface area contributed by atoms with E-state index in [1.807, 2.05) is 40.5 Å². The molecule has 0 unspecified atom stereocenters. The van der Waals surface area contributed by atoms with Gasteiger partial charge in [-0.05, 0) is 43.1 Å². The summed E-state index contributed by atoms with van der Waals surface area (Å²) in [5, 5.41) is 12.2. The van der Waals surface area contributed by atoms with Crippen molar-refractivity contribution in [2.24, 2.45) is 0 Å². The Labute approximate surface area is 167 Å². The van der Waals surface area contributed by atoms with Crippen molar-refractivity contribution in [3.05, 3.63) is 64.9 Å². The van der Waals surface area contributed by atoms with E-state index in [9.17, 15) is 0 Å². The molecule has 5 rings (SSSR count). The molecule has 0 N–H and O–H groups in total. The van der Waals surface area contributed by atoms with Crippen LogP contribution in [0.4, 0.5) is 0 Å². The van der Waals surface area contributed by atoms with E-state index in [0.29, 0.717) is 6.04 Å². The van der Waals surface area contributed by atoms with Gasteiger partial charge in [-0.25, -0.2) is 9.50 Å². The van der Waals surface area contributed by atoms with Gasteiger partial charge >= 0.3 is 0 Å². The number of fused-ring (bicyclic) bond motifs is 1. The van der Waals surface area contributed by atoms with Crippen LogP contribution in [0.1, 0.15) is 29.6 Å². The SMILES string of the molecule is COc1cccc(-c2ccc3c([C@H]4CCCN4Cc4nccs4)nnn3c2)c1. The Morgan fingerprint density at radius 3 is 3.04 bits per heavy atom. The average molecular weight is 391 g/mol. The Balaban J connectivity index is 1.46. The van der Waals surface area contributed by atoms with Crippen molar-refractivity contribution in [1.29, 1.82) is 0 Å². The van der Waals surface area contributed by atoms with Crippen LogP contribution in [0.5, 0.6) is 5.75 Å². The Kier molecular flexibility index (Phi) is 4.54. The molecule has 0 aliphatic carbocycles. The Morgan fingerprint density at radius 1 is 1.21 bits per heavy atom. The van der Waals surface area contributed by atoms with Gasteiger partial charge in [-0.2, -0.15) is 0 Å². The number of likely N-dealkylation sites (tertiary alicyclic amines) is 1. The molecule has 3 aromatic heterocycles. The lowest BCUT2D eigenvalue weighted by atomic mass is 10.1. The Morgan fingerprint density at radius 2 is 2.18 bits per heavy atom. The molecular weight excluding hydrogens is 370 g/mol. The zero-order valence-electron chi connectivity index (χ0n) is 15.7. The molecule has 1 aliphatic rings. The number of hydrogen-bond donors (Lipinski definition) is 0. The first-order chi connectivity index (χ1) is 13.8. The largest absolute Gasteiger partial charge is 0.497 e. The number of aromatic nitrogens is 4. The van der Waals surface area contributed by atoms with E-state index >= 15 is 0 Å². The first-order valence-electron chi connectivity index (χ1n) is 9.43. The molecule has 1 saturated heterocycles. The van der Waals surface area contributed by atoms with Gasteiger partial charge in [0.2, 0.25) is 0 Å². The van der Waals surface area contributed by atoms with E-state index in [0.717, 1.165) is 52.6 Å². The molecule has 1 atom stereocenters. The minimum Gasteiger partial charge on any atom is -0.497 e. The Bertz CT molecular complexity index is 1090. The number of rotatable bonds is 5. The summed E-state index contributed by atoms with van der Waals surface area (Å²) in [7, 11) is 1.69. The number of thiazole rings is 1.